The van der Waals surface area contributed by atoms with Crippen molar-refractivity contribution in [3.05, 3.63) is 29.0 Å². The molecule has 0 spiro atoms. The molecule has 1 rings (SSSR count). The van der Waals surface area contributed by atoms with E-state index in [4.69, 9.17) is 11.6 Å². The van der Waals surface area contributed by atoms with E-state index in [1.54, 1.807) is 13.8 Å². The van der Waals surface area contributed by atoms with Crippen molar-refractivity contribution < 1.29 is 33.9 Å². The van der Waals surface area contributed by atoms with Crippen LogP contribution < -0.4 is 36.6 Å². The Hall–Kier alpha value is -3.45. The van der Waals surface area contributed by atoms with Crippen molar-refractivity contribution in [2.24, 2.45) is 17.8 Å². The van der Waals surface area contributed by atoms with Crippen LogP contribution in [0.25, 0.3) is 0 Å². The lowest BCUT2D eigenvalue weighted by Gasteiger charge is -2.26. The predicted octanol–water partition coefficient (Wildman–Crippen LogP) is 2.33. The Morgan fingerprint density at radius 2 is 1.45 bits per heavy atom. The summed E-state index contributed by atoms with van der Waals surface area (Å²) in [7, 11) is 0. The second-order valence-electron chi connectivity index (χ2n) is 12.5. The molecule has 0 bridgehead atoms. The van der Waals surface area contributed by atoms with Crippen LogP contribution in [0, 0.1) is 17.8 Å². The van der Waals surface area contributed by atoms with Gasteiger partial charge in [0.1, 0.15) is 17.1 Å². The molecule has 268 valence electrons. The molecular formula is C33H59ClN7O6+. The van der Waals surface area contributed by atoms with Crippen LogP contribution in [0.1, 0.15) is 98.9 Å². The van der Waals surface area contributed by atoms with E-state index in [0.717, 1.165) is 6.20 Å². The van der Waals surface area contributed by atoms with Gasteiger partial charge in [0.15, 0.2) is 0 Å². The Morgan fingerprint density at radius 3 is 1.96 bits per heavy atom. The normalized spacial score (nSPS) is 14.1. The lowest BCUT2D eigenvalue weighted by molar-refractivity contribution is -0.904. The van der Waals surface area contributed by atoms with E-state index in [1.807, 2.05) is 41.5 Å². The summed E-state index contributed by atoms with van der Waals surface area (Å²) in [4.78, 5) is 63.9. The number of nitrogens with zero attached hydrogens (tertiary/aromatic N) is 1. The molecule has 0 aliphatic rings. The number of rotatable bonds is 18. The highest BCUT2D eigenvalue weighted by Crippen LogP contribution is 2.15. The zero-order valence-corrected chi connectivity index (χ0v) is 30.6. The standard InChI is InChI=1S/C30H50ClN7O6.C3H8/c1-9-19(7)26(37-28(41)22-11-12-38(44)16-23(22)31)30(43)34-15-24(39)35-21(13-17(3)4)14-33-20(8)27(40)36-25(18(5)6)29(42)32-10-2;1-3-2/h11-12,16-21,25-26,33H,9-10,13-15H2,1-8H3,(H5-,32,34,35,36,37,39,40,41,42,43,44);3H2,1-2H3/p+1/t19-,20-,21?,25?,26?;/m0./s1. The van der Waals surface area contributed by atoms with E-state index >= 15 is 0 Å². The number of carbonyl (C=O) groups excluding carboxylic acids is 5. The Kier molecular flexibility index (Phi) is 21.3. The van der Waals surface area contributed by atoms with Crippen LogP contribution >= 0.6 is 11.6 Å². The van der Waals surface area contributed by atoms with Crippen molar-refractivity contribution in [2.45, 2.75) is 113 Å². The smallest absolute Gasteiger partial charge is 0.253 e. The van der Waals surface area contributed by atoms with Crippen LogP contribution in [-0.4, -0.2) is 78.5 Å². The highest BCUT2D eigenvalue weighted by molar-refractivity contribution is 6.33. The molecule has 0 aliphatic carbocycles. The molecule has 3 unspecified atom stereocenters. The van der Waals surface area contributed by atoms with Crippen molar-refractivity contribution in [2.75, 3.05) is 19.6 Å². The molecule has 1 heterocycles. The minimum atomic E-state index is -0.931. The van der Waals surface area contributed by atoms with Crippen LogP contribution in [-0.2, 0) is 19.2 Å². The van der Waals surface area contributed by atoms with Crippen molar-refractivity contribution in [3.63, 3.8) is 0 Å². The minimum Gasteiger partial charge on any atom is -0.355 e. The molecule has 0 fully saturated rings. The molecular weight excluding hydrogens is 626 g/mol. The molecule has 47 heavy (non-hydrogen) atoms. The third kappa shape index (κ3) is 16.8. The number of likely N-dealkylation sites (N-methyl/N-ethyl adjacent to an activating group) is 1. The number of pyridine rings is 1. The quantitative estimate of drug-likeness (QED) is 0.0915. The average molecular weight is 685 g/mol. The third-order valence-electron chi connectivity index (χ3n) is 7.13. The van der Waals surface area contributed by atoms with Gasteiger partial charge in [0.25, 0.3) is 5.91 Å². The number of amides is 5. The highest BCUT2D eigenvalue weighted by atomic mass is 35.5. The molecule has 5 amide bonds. The summed E-state index contributed by atoms with van der Waals surface area (Å²) in [5.74, 6) is -2.23. The maximum absolute atomic E-state index is 13.1. The van der Waals surface area contributed by atoms with Crippen LogP contribution in [0.15, 0.2) is 18.5 Å². The molecule has 0 saturated carbocycles. The molecule has 13 nitrogen and oxygen atoms in total. The van der Waals surface area contributed by atoms with E-state index in [1.165, 1.54) is 18.7 Å². The van der Waals surface area contributed by atoms with Gasteiger partial charge in [-0.05, 0) is 38.0 Å². The lowest BCUT2D eigenvalue weighted by Crippen LogP contribution is -2.56. The molecule has 5 atom stereocenters. The molecule has 1 aromatic rings. The summed E-state index contributed by atoms with van der Waals surface area (Å²) in [5.41, 5.74) is 0.0895. The number of nitrogens with one attached hydrogen (secondary N) is 6. The fourth-order valence-electron chi connectivity index (χ4n) is 4.39. The van der Waals surface area contributed by atoms with Crippen molar-refractivity contribution in [1.29, 1.82) is 0 Å². The van der Waals surface area contributed by atoms with Gasteiger partial charge >= 0.3 is 0 Å². The van der Waals surface area contributed by atoms with E-state index in [0.29, 0.717) is 24.1 Å². The van der Waals surface area contributed by atoms with Gasteiger partial charge in [-0.3, -0.25) is 29.2 Å². The van der Waals surface area contributed by atoms with Gasteiger partial charge in [0.05, 0.1) is 18.2 Å². The summed E-state index contributed by atoms with van der Waals surface area (Å²) in [6, 6.07) is -1.23. The Labute approximate surface area is 285 Å². The minimum absolute atomic E-state index is 0.00789. The third-order valence-corrected chi connectivity index (χ3v) is 7.43. The maximum Gasteiger partial charge on any atom is 0.253 e. The topological polar surface area (TPSA) is 182 Å². The van der Waals surface area contributed by atoms with Gasteiger partial charge in [-0.15, -0.1) is 0 Å². The van der Waals surface area contributed by atoms with Gasteiger partial charge in [-0.1, -0.05) is 79.8 Å². The van der Waals surface area contributed by atoms with Gasteiger partial charge in [0, 0.05) is 29.9 Å². The fourth-order valence-corrected chi connectivity index (χ4v) is 4.64. The van der Waals surface area contributed by atoms with E-state index in [9.17, 15) is 29.2 Å². The van der Waals surface area contributed by atoms with E-state index < -0.39 is 35.8 Å². The first-order chi connectivity index (χ1) is 22.0. The molecule has 0 aromatic carbocycles. The van der Waals surface area contributed by atoms with Crippen LogP contribution in [0.2, 0.25) is 5.02 Å². The number of hydrogen-bond acceptors (Lipinski definition) is 7. The first-order valence-corrected chi connectivity index (χ1v) is 17.0. The summed E-state index contributed by atoms with van der Waals surface area (Å²) >= 11 is 6.07. The second-order valence-corrected chi connectivity index (χ2v) is 12.9. The Balaban J connectivity index is 0.00000677. The van der Waals surface area contributed by atoms with Crippen molar-refractivity contribution in [3.8, 4) is 0 Å². The number of carbonyl (C=O) groups is 5. The maximum atomic E-state index is 13.1. The molecule has 0 radical (unpaired) electrons. The largest absolute Gasteiger partial charge is 0.355 e. The van der Waals surface area contributed by atoms with E-state index in [2.05, 4.69) is 45.7 Å². The van der Waals surface area contributed by atoms with Gasteiger partial charge < -0.3 is 31.9 Å². The average Bonchev–Trinajstić information content (AvgIpc) is 2.99. The molecule has 14 heteroatoms. The first-order valence-electron chi connectivity index (χ1n) is 16.6. The summed E-state index contributed by atoms with van der Waals surface area (Å²) in [5, 5.41) is 26.4. The second kappa shape index (κ2) is 23.0. The summed E-state index contributed by atoms with van der Waals surface area (Å²) < 4.78 is 0.713. The first kappa shape index (κ1) is 43.5. The van der Waals surface area contributed by atoms with Crippen molar-refractivity contribution in [1.82, 2.24) is 31.9 Å². The number of hydrogen-bond donors (Lipinski definition) is 7. The van der Waals surface area contributed by atoms with E-state index in [-0.39, 0.29) is 59.3 Å². The molecule has 1 aromatic heterocycles. The molecule has 0 aliphatic heterocycles. The van der Waals surface area contributed by atoms with Crippen LogP contribution in [0.5, 0.6) is 0 Å². The Bertz CT molecular complexity index is 1150. The van der Waals surface area contributed by atoms with Crippen molar-refractivity contribution >= 4 is 41.1 Å². The molecule has 7 N–H and O–H groups in total. The summed E-state index contributed by atoms with van der Waals surface area (Å²) in [6.45, 7) is 19.6. The van der Waals surface area contributed by atoms with Crippen LogP contribution in [0.3, 0.4) is 0 Å². The lowest BCUT2D eigenvalue weighted by atomic mass is 9.98. The van der Waals surface area contributed by atoms with Gasteiger partial charge in [0.2, 0.25) is 36.0 Å². The van der Waals surface area contributed by atoms with Gasteiger partial charge in [-0.25, -0.2) is 0 Å². The van der Waals surface area contributed by atoms with Crippen LogP contribution in [0.4, 0.5) is 0 Å². The zero-order valence-electron chi connectivity index (χ0n) is 29.8. The highest BCUT2D eigenvalue weighted by Gasteiger charge is 2.29. The number of aromatic nitrogens is 1. The van der Waals surface area contributed by atoms with Gasteiger partial charge in [-0.2, -0.15) is 0 Å². The molecule has 0 saturated heterocycles. The number of halogens is 1. The predicted molar refractivity (Wildman–Crippen MR) is 183 cm³/mol. The fraction of sp³-hybridized carbons (Fsp3) is 0.697. The Morgan fingerprint density at radius 1 is 0.851 bits per heavy atom. The SMILES string of the molecule is CCC.CCNC(=O)C(NC(=O)[C@H](C)NCC(CC(C)C)NC(=O)CNC(=O)C(NC(=O)c1cc[n+](O)cc1Cl)[C@@H](C)CC)C(C)C. The zero-order chi connectivity index (χ0) is 36.3. The monoisotopic (exact) mass is 684 g/mol. The summed E-state index contributed by atoms with van der Waals surface area (Å²) in [6.07, 6.45) is 4.85.